The van der Waals surface area contributed by atoms with E-state index in [9.17, 15) is 0 Å². The minimum Gasteiger partial charge on any atom is -0.311 e. The SMILES string of the molecule is c1ccc(-n2cc(CNCCn3ccnn3)cn2)cc1. The van der Waals surface area contributed by atoms with Crippen molar-refractivity contribution < 1.29 is 0 Å². The first-order chi connectivity index (χ1) is 9.92. The van der Waals surface area contributed by atoms with Crippen LogP contribution in [-0.4, -0.2) is 31.3 Å². The zero-order valence-electron chi connectivity index (χ0n) is 11.1. The second kappa shape index (κ2) is 6.12. The van der Waals surface area contributed by atoms with Crippen molar-refractivity contribution in [2.45, 2.75) is 13.1 Å². The molecule has 2 aromatic heterocycles. The molecule has 0 spiro atoms. The third-order valence-electron chi connectivity index (χ3n) is 2.98. The number of aromatic nitrogens is 5. The van der Waals surface area contributed by atoms with Crippen molar-refractivity contribution in [3.8, 4) is 5.69 Å². The van der Waals surface area contributed by atoms with Gasteiger partial charge in [-0.3, -0.25) is 4.68 Å². The number of rotatable bonds is 6. The molecule has 1 N–H and O–H groups in total. The molecule has 0 aliphatic heterocycles. The van der Waals surface area contributed by atoms with Crippen LogP contribution >= 0.6 is 0 Å². The molecule has 0 atom stereocenters. The van der Waals surface area contributed by atoms with E-state index in [-0.39, 0.29) is 0 Å². The van der Waals surface area contributed by atoms with Gasteiger partial charge in [0, 0.05) is 31.0 Å². The van der Waals surface area contributed by atoms with Crippen molar-refractivity contribution in [2.24, 2.45) is 0 Å². The lowest BCUT2D eigenvalue weighted by Gasteiger charge is -2.02. The van der Waals surface area contributed by atoms with Gasteiger partial charge in [-0.15, -0.1) is 5.10 Å². The predicted molar refractivity (Wildman–Crippen MR) is 75.3 cm³/mol. The molecule has 3 rings (SSSR count). The van der Waals surface area contributed by atoms with Gasteiger partial charge in [-0.05, 0) is 12.1 Å². The maximum atomic E-state index is 4.36. The Morgan fingerprint density at radius 3 is 2.85 bits per heavy atom. The van der Waals surface area contributed by atoms with Gasteiger partial charge in [0.15, 0.2) is 0 Å². The van der Waals surface area contributed by atoms with E-state index in [0.717, 1.165) is 30.9 Å². The molecule has 1 aromatic carbocycles. The van der Waals surface area contributed by atoms with E-state index >= 15 is 0 Å². The van der Waals surface area contributed by atoms with Crippen LogP contribution in [0.4, 0.5) is 0 Å². The maximum Gasteiger partial charge on any atom is 0.0692 e. The summed E-state index contributed by atoms with van der Waals surface area (Å²) < 4.78 is 3.69. The van der Waals surface area contributed by atoms with Crippen LogP contribution in [0.3, 0.4) is 0 Å². The summed E-state index contributed by atoms with van der Waals surface area (Å²) in [6.45, 7) is 2.45. The Balaban J connectivity index is 1.50. The fourth-order valence-electron chi connectivity index (χ4n) is 1.95. The Kier molecular flexibility index (Phi) is 3.84. The molecule has 102 valence electrons. The summed E-state index contributed by atoms with van der Waals surface area (Å²) in [7, 11) is 0. The van der Waals surface area contributed by atoms with Gasteiger partial charge in [0.2, 0.25) is 0 Å². The van der Waals surface area contributed by atoms with Gasteiger partial charge in [-0.25, -0.2) is 4.68 Å². The van der Waals surface area contributed by atoms with Crippen LogP contribution in [0.1, 0.15) is 5.56 Å². The molecule has 6 heteroatoms. The molecule has 0 aliphatic rings. The summed E-state index contributed by atoms with van der Waals surface area (Å²) in [5.41, 5.74) is 2.23. The number of hydrogen-bond acceptors (Lipinski definition) is 4. The molecule has 0 unspecified atom stereocenters. The van der Waals surface area contributed by atoms with E-state index < -0.39 is 0 Å². The Bertz CT molecular complexity index is 629. The molecule has 20 heavy (non-hydrogen) atoms. The van der Waals surface area contributed by atoms with Gasteiger partial charge in [-0.1, -0.05) is 23.4 Å². The second-order valence-electron chi connectivity index (χ2n) is 4.47. The first kappa shape index (κ1) is 12.6. The standard InChI is InChI=1S/C14H16N6/c1-2-4-14(5-3-1)20-12-13(11-17-20)10-15-6-8-19-9-7-16-18-19/h1-5,7,9,11-12,15H,6,8,10H2. The van der Waals surface area contributed by atoms with Crippen LogP contribution in [0.5, 0.6) is 0 Å². The Labute approximate surface area is 117 Å². The van der Waals surface area contributed by atoms with E-state index in [2.05, 4.69) is 20.7 Å². The van der Waals surface area contributed by atoms with Gasteiger partial charge in [0.25, 0.3) is 0 Å². The zero-order valence-corrected chi connectivity index (χ0v) is 11.1. The molecule has 0 saturated carbocycles. The minimum atomic E-state index is 0.793. The zero-order chi connectivity index (χ0) is 13.6. The highest BCUT2D eigenvalue weighted by Crippen LogP contribution is 2.07. The molecule has 0 amide bonds. The number of nitrogens with zero attached hydrogens (tertiary/aromatic N) is 5. The molecule has 0 aliphatic carbocycles. The number of hydrogen-bond donors (Lipinski definition) is 1. The van der Waals surface area contributed by atoms with Crippen molar-refractivity contribution >= 4 is 0 Å². The first-order valence-corrected chi connectivity index (χ1v) is 6.55. The Morgan fingerprint density at radius 1 is 1.15 bits per heavy atom. The normalized spacial score (nSPS) is 10.8. The molecule has 0 fully saturated rings. The minimum absolute atomic E-state index is 0.793. The van der Waals surface area contributed by atoms with Crippen molar-refractivity contribution in [3.63, 3.8) is 0 Å². The third-order valence-corrected chi connectivity index (χ3v) is 2.98. The monoisotopic (exact) mass is 268 g/mol. The molecule has 2 heterocycles. The van der Waals surface area contributed by atoms with Crippen LogP contribution in [0.15, 0.2) is 55.1 Å². The molecule has 0 radical (unpaired) electrons. The van der Waals surface area contributed by atoms with Crippen LogP contribution < -0.4 is 5.32 Å². The fraction of sp³-hybridized carbons (Fsp3) is 0.214. The summed E-state index contributed by atoms with van der Waals surface area (Å²) in [5.74, 6) is 0. The van der Waals surface area contributed by atoms with Gasteiger partial charge in [-0.2, -0.15) is 5.10 Å². The Hall–Kier alpha value is -2.47. The first-order valence-electron chi connectivity index (χ1n) is 6.55. The number of benzene rings is 1. The lowest BCUT2D eigenvalue weighted by molar-refractivity contribution is 0.540. The predicted octanol–water partition coefficient (Wildman–Crippen LogP) is 1.25. The van der Waals surface area contributed by atoms with Crippen molar-refractivity contribution in [2.75, 3.05) is 6.54 Å². The topological polar surface area (TPSA) is 60.6 Å². The van der Waals surface area contributed by atoms with Crippen LogP contribution in [0.2, 0.25) is 0 Å². The Morgan fingerprint density at radius 2 is 2.05 bits per heavy atom. The summed E-state index contributed by atoms with van der Waals surface area (Å²) in [4.78, 5) is 0. The molecular formula is C14H16N6. The van der Waals surface area contributed by atoms with Gasteiger partial charge in [0.05, 0.1) is 24.6 Å². The summed E-state index contributed by atoms with van der Waals surface area (Å²) in [5, 5.41) is 15.4. The van der Waals surface area contributed by atoms with E-state index in [0.29, 0.717) is 0 Å². The quantitative estimate of drug-likeness (QED) is 0.684. The summed E-state index contributed by atoms with van der Waals surface area (Å²) in [6, 6.07) is 10.1. The number of nitrogens with one attached hydrogen (secondary N) is 1. The van der Waals surface area contributed by atoms with E-state index in [1.165, 1.54) is 0 Å². The van der Waals surface area contributed by atoms with Crippen LogP contribution in [0, 0.1) is 0 Å². The molecular weight excluding hydrogens is 252 g/mol. The molecule has 0 bridgehead atoms. The third kappa shape index (κ3) is 3.10. The summed E-state index contributed by atoms with van der Waals surface area (Å²) >= 11 is 0. The summed E-state index contributed by atoms with van der Waals surface area (Å²) in [6.07, 6.45) is 7.46. The van der Waals surface area contributed by atoms with Gasteiger partial charge in [0.1, 0.15) is 0 Å². The van der Waals surface area contributed by atoms with E-state index in [4.69, 9.17) is 0 Å². The fourth-order valence-corrected chi connectivity index (χ4v) is 1.95. The maximum absolute atomic E-state index is 4.36. The van der Waals surface area contributed by atoms with E-state index in [1.54, 1.807) is 10.9 Å². The largest absolute Gasteiger partial charge is 0.311 e. The van der Waals surface area contributed by atoms with Crippen molar-refractivity contribution in [1.29, 1.82) is 0 Å². The number of para-hydroxylation sites is 1. The van der Waals surface area contributed by atoms with Gasteiger partial charge < -0.3 is 5.32 Å². The van der Waals surface area contributed by atoms with Crippen LogP contribution in [-0.2, 0) is 13.1 Å². The van der Waals surface area contributed by atoms with Crippen LogP contribution in [0.25, 0.3) is 5.69 Å². The molecule has 3 aromatic rings. The smallest absolute Gasteiger partial charge is 0.0692 e. The average molecular weight is 268 g/mol. The lowest BCUT2D eigenvalue weighted by atomic mass is 10.3. The highest BCUT2D eigenvalue weighted by Gasteiger charge is 2.00. The average Bonchev–Trinajstić information content (AvgIpc) is 3.16. The molecule has 0 saturated heterocycles. The highest BCUT2D eigenvalue weighted by atomic mass is 15.4. The van der Waals surface area contributed by atoms with Crippen molar-refractivity contribution in [1.82, 2.24) is 30.1 Å². The molecule has 6 nitrogen and oxygen atoms in total. The lowest BCUT2D eigenvalue weighted by Crippen LogP contribution is -2.19. The van der Waals surface area contributed by atoms with Gasteiger partial charge >= 0.3 is 0 Å². The van der Waals surface area contributed by atoms with Crippen molar-refractivity contribution in [3.05, 3.63) is 60.7 Å². The van der Waals surface area contributed by atoms with E-state index in [1.807, 2.05) is 53.6 Å². The highest BCUT2D eigenvalue weighted by molar-refractivity contribution is 5.30. The second-order valence-corrected chi connectivity index (χ2v) is 4.47.